The lowest BCUT2D eigenvalue weighted by atomic mass is 10.1. The minimum atomic E-state index is 0.554. The van der Waals surface area contributed by atoms with Gasteiger partial charge in [-0.1, -0.05) is 34.1 Å². The first-order valence-corrected chi connectivity index (χ1v) is 7.87. The van der Waals surface area contributed by atoms with Crippen molar-refractivity contribution in [1.29, 1.82) is 0 Å². The van der Waals surface area contributed by atoms with E-state index < -0.39 is 0 Å². The number of hydrogen-bond acceptors (Lipinski definition) is 2. The second-order valence-electron chi connectivity index (χ2n) is 4.27. The predicted molar refractivity (Wildman–Crippen MR) is 82.1 cm³/mol. The fourth-order valence-electron chi connectivity index (χ4n) is 1.86. The van der Waals surface area contributed by atoms with Crippen molar-refractivity contribution in [1.82, 2.24) is 0 Å². The summed E-state index contributed by atoms with van der Waals surface area (Å²) in [7, 11) is 1.70. The van der Waals surface area contributed by atoms with E-state index in [0.717, 1.165) is 25.0 Å². The summed E-state index contributed by atoms with van der Waals surface area (Å²) < 4.78 is 5.16. The van der Waals surface area contributed by atoms with E-state index in [1.165, 1.54) is 10.4 Å². The van der Waals surface area contributed by atoms with Crippen LogP contribution in [0.5, 0.6) is 5.75 Å². The maximum atomic E-state index is 5.16. The third-order valence-electron chi connectivity index (χ3n) is 2.91. The van der Waals surface area contributed by atoms with Gasteiger partial charge in [-0.25, -0.2) is 0 Å². The molecule has 1 unspecified atom stereocenters. The molecule has 0 saturated carbocycles. The predicted octanol–water partition coefficient (Wildman–Crippen LogP) is 4.70. The molecular weight excluding hydrogens is 308 g/mol. The highest BCUT2D eigenvalue weighted by atomic mass is 79.9. The van der Waals surface area contributed by atoms with Crippen LogP contribution in [0.3, 0.4) is 0 Å². The number of halogens is 1. The van der Waals surface area contributed by atoms with Gasteiger partial charge in [0.05, 0.1) is 7.11 Å². The standard InChI is InChI=1S/C15H17BrOS/c1-17-14-8-5-12(6-9-14)4-7-13(16)11-15-3-2-10-18-15/h2-3,5-6,8-10,13H,4,7,11H2,1H3. The fourth-order valence-corrected chi connectivity index (χ4v) is 3.44. The van der Waals surface area contributed by atoms with Gasteiger partial charge < -0.3 is 4.74 Å². The van der Waals surface area contributed by atoms with Crippen LogP contribution in [0.15, 0.2) is 41.8 Å². The molecule has 1 heterocycles. The number of thiophene rings is 1. The van der Waals surface area contributed by atoms with Gasteiger partial charge in [-0.15, -0.1) is 11.3 Å². The van der Waals surface area contributed by atoms with Crippen molar-refractivity contribution in [3.05, 3.63) is 52.2 Å². The largest absolute Gasteiger partial charge is 0.497 e. The molecule has 0 aliphatic rings. The molecule has 3 heteroatoms. The minimum absolute atomic E-state index is 0.554. The number of benzene rings is 1. The van der Waals surface area contributed by atoms with Crippen LogP contribution in [-0.2, 0) is 12.8 Å². The molecule has 2 rings (SSSR count). The molecule has 18 heavy (non-hydrogen) atoms. The quantitative estimate of drug-likeness (QED) is 0.700. The molecule has 1 nitrogen and oxygen atoms in total. The molecular formula is C15H17BrOS. The third-order valence-corrected chi connectivity index (χ3v) is 4.59. The van der Waals surface area contributed by atoms with Crippen molar-refractivity contribution in [2.75, 3.05) is 7.11 Å². The van der Waals surface area contributed by atoms with Gasteiger partial charge in [0.1, 0.15) is 5.75 Å². The summed E-state index contributed by atoms with van der Waals surface area (Å²) in [6, 6.07) is 12.7. The Morgan fingerprint density at radius 1 is 1.22 bits per heavy atom. The summed E-state index contributed by atoms with van der Waals surface area (Å²) >= 11 is 5.60. The van der Waals surface area contributed by atoms with Crippen molar-refractivity contribution in [3.63, 3.8) is 0 Å². The maximum absolute atomic E-state index is 5.16. The zero-order valence-electron chi connectivity index (χ0n) is 10.4. The van der Waals surface area contributed by atoms with Crippen LogP contribution < -0.4 is 4.74 Å². The second-order valence-corrected chi connectivity index (χ2v) is 6.59. The van der Waals surface area contributed by atoms with Gasteiger partial charge in [-0.3, -0.25) is 0 Å². The summed E-state index contributed by atoms with van der Waals surface area (Å²) in [5.41, 5.74) is 1.37. The van der Waals surface area contributed by atoms with E-state index in [1.54, 1.807) is 7.11 Å². The van der Waals surface area contributed by atoms with Crippen molar-refractivity contribution in [2.45, 2.75) is 24.1 Å². The van der Waals surface area contributed by atoms with Crippen molar-refractivity contribution >= 4 is 27.3 Å². The summed E-state index contributed by atoms with van der Waals surface area (Å²) in [5.74, 6) is 0.924. The Morgan fingerprint density at radius 3 is 2.61 bits per heavy atom. The Morgan fingerprint density at radius 2 is 2.00 bits per heavy atom. The highest BCUT2D eigenvalue weighted by molar-refractivity contribution is 9.09. The zero-order valence-corrected chi connectivity index (χ0v) is 12.8. The molecule has 0 radical (unpaired) electrons. The van der Waals surface area contributed by atoms with Crippen molar-refractivity contribution < 1.29 is 4.74 Å². The minimum Gasteiger partial charge on any atom is -0.497 e. The lowest BCUT2D eigenvalue weighted by Gasteiger charge is -2.09. The first kappa shape index (κ1) is 13.6. The topological polar surface area (TPSA) is 9.23 Å². The highest BCUT2D eigenvalue weighted by Gasteiger charge is 2.06. The monoisotopic (exact) mass is 324 g/mol. The van der Waals surface area contributed by atoms with E-state index in [0.29, 0.717) is 4.83 Å². The van der Waals surface area contributed by atoms with Gasteiger partial charge in [0.2, 0.25) is 0 Å². The molecule has 2 aromatic rings. The van der Waals surface area contributed by atoms with E-state index >= 15 is 0 Å². The van der Waals surface area contributed by atoms with Gasteiger partial charge >= 0.3 is 0 Å². The van der Waals surface area contributed by atoms with E-state index in [2.05, 4.69) is 45.6 Å². The molecule has 0 amide bonds. The Balaban J connectivity index is 1.79. The fraction of sp³-hybridized carbons (Fsp3) is 0.333. The summed E-state index contributed by atoms with van der Waals surface area (Å²) in [5, 5.41) is 2.14. The number of aryl methyl sites for hydroxylation is 1. The molecule has 1 aromatic carbocycles. The van der Waals surface area contributed by atoms with Gasteiger partial charge in [0.25, 0.3) is 0 Å². The van der Waals surface area contributed by atoms with Crippen LogP contribution in [0.2, 0.25) is 0 Å². The average Bonchev–Trinajstić information content (AvgIpc) is 2.90. The molecule has 0 saturated heterocycles. The van der Waals surface area contributed by atoms with E-state index in [9.17, 15) is 0 Å². The van der Waals surface area contributed by atoms with E-state index in [-0.39, 0.29) is 0 Å². The van der Waals surface area contributed by atoms with Crippen molar-refractivity contribution in [2.24, 2.45) is 0 Å². The molecule has 96 valence electrons. The van der Waals surface area contributed by atoms with Crippen molar-refractivity contribution in [3.8, 4) is 5.75 Å². The smallest absolute Gasteiger partial charge is 0.118 e. The molecule has 1 aromatic heterocycles. The Hall–Kier alpha value is -0.800. The lowest BCUT2D eigenvalue weighted by Crippen LogP contribution is -2.03. The van der Waals surface area contributed by atoms with Crippen LogP contribution in [0.4, 0.5) is 0 Å². The molecule has 0 aliphatic carbocycles. The van der Waals surface area contributed by atoms with Gasteiger partial charge in [0, 0.05) is 9.70 Å². The van der Waals surface area contributed by atoms with Crippen LogP contribution >= 0.6 is 27.3 Å². The SMILES string of the molecule is COc1ccc(CCC(Br)Cc2cccs2)cc1. The second kappa shape index (κ2) is 6.95. The summed E-state index contributed by atoms with van der Waals surface area (Å²) in [4.78, 5) is 2.00. The molecule has 1 atom stereocenters. The summed E-state index contributed by atoms with van der Waals surface area (Å²) in [6.45, 7) is 0. The highest BCUT2D eigenvalue weighted by Crippen LogP contribution is 2.20. The summed E-state index contributed by atoms with van der Waals surface area (Å²) in [6.07, 6.45) is 3.38. The van der Waals surface area contributed by atoms with E-state index in [4.69, 9.17) is 4.74 Å². The molecule has 0 N–H and O–H groups in total. The lowest BCUT2D eigenvalue weighted by molar-refractivity contribution is 0.414. The zero-order chi connectivity index (χ0) is 12.8. The first-order valence-electron chi connectivity index (χ1n) is 6.07. The first-order chi connectivity index (χ1) is 8.78. The Bertz CT molecular complexity index is 450. The normalized spacial score (nSPS) is 12.3. The molecule has 0 spiro atoms. The average molecular weight is 325 g/mol. The molecule has 0 fully saturated rings. The molecule has 0 bridgehead atoms. The van der Waals surface area contributed by atoms with Gasteiger partial charge in [-0.05, 0) is 48.4 Å². The number of alkyl halides is 1. The number of methoxy groups -OCH3 is 1. The Labute approximate surface area is 121 Å². The Kier molecular flexibility index (Phi) is 5.26. The number of hydrogen-bond donors (Lipinski definition) is 0. The number of rotatable bonds is 6. The maximum Gasteiger partial charge on any atom is 0.118 e. The third kappa shape index (κ3) is 4.14. The van der Waals surface area contributed by atoms with Gasteiger partial charge in [-0.2, -0.15) is 0 Å². The number of ether oxygens (including phenoxy) is 1. The van der Waals surface area contributed by atoms with Gasteiger partial charge in [0.15, 0.2) is 0 Å². The van der Waals surface area contributed by atoms with Crippen LogP contribution in [0, 0.1) is 0 Å². The molecule has 0 aliphatic heterocycles. The van der Waals surface area contributed by atoms with Crippen LogP contribution in [-0.4, -0.2) is 11.9 Å². The van der Waals surface area contributed by atoms with E-state index in [1.807, 2.05) is 23.5 Å². The van der Waals surface area contributed by atoms with Crippen LogP contribution in [0.1, 0.15) is 16.9 Å². The van der Waals surface area contributed by atoms with Crippen LogP contribution in [0.25, 0.3) is 0 Å².